The molecule has 1 rings (SSSR count). The summed E-state index contributed by atoms with van der Waals surface area (Å²) < 4.78 is 4.18. The molecule has 0 saturated heterocycles. The molecule has 3 heteroatoms. The summed E-state index contributed by atoms with van der Waals surface area (Å²) >= 11 is 1.51. The van der Waals surface area contributed by atoms with Crippen molar-refractivity contribution in [3.8, 4) is 0 Å². The van der Waals surface area contributed by atoms with Gasteiger partial charge in [0.1, 0.15) is 0 Å². The Morgan fingerprint density at radius 3 is 2.55 bits per heavy atom. The smallest absolute Gasteiger partial charge is 0.0514 e. The molecule has 1 aromatic rings. The number of nitrogens with two attached hydrogens (primary N) is 1. The van der Waals surface area contributed by atoms with Crippen molar-refractivity contribution in [2.45, 2.75) is 26.8 Å². The third-order valence-electron chi connectivity index (χ3n) is 1.69. The molecule has 0 aliphatic rings. The fourth-order valence-corrected chi connectivity index (χ4v) is 1.79. The van der Waals surface area contributed by atoms with Gasteiger partial charge in [-0.2, -0.15) is 4.37 Å². The van der Waals surface area contributed by atoms with Crippen molar-refractivity contribution in [2.24, 2.45) is 11.7 Å². The van der Waals surface area contributed by atoms with Gasteiger partial charge in [0.05, 0.1) is 5.69 Å². The van der Waals surface area contributed by atoms with Crippen LogP contribution in [0.2, 0.25) is 0 Å². The van der Waals surface area contributed by atoms with Crippen molar-refractivity contribution in [3.05, 3.63) is 16.6 Å². The normalized spacial score (nSPS) is 13.9. The largest absolute Gasteiger partial charge is 0.323 e. The molecule has 0 bridgehead atoms. The summed E-state index contributed by atoms with van der Waals surface area (Å²) in [5.41, 5.74) is 6.99. The number of hydrogen-bond acceptors (Lipinski definition) is 3. The number of aromatic nitrogens is 1. The molecule has 11 heavy (non-hydrogen) atoms. The molecule has 0 fully saturated rings. The number of rotatable bonds is 2. The van der Waals surface area contributed by atoms with Gasteiger partial charge >= 0.3 is 0 Å². The van der Waals surface area contributed by atoms with E-state index in [1.807, 2.05) is 6.92 Å². The summed E-state index contributed by atoms with van der Waals surface area (Å²) in [5.74, 6) is 0.495. The lowest BCUT2D eigenvalue weighted by atomic mass is 10.0. The molecule has 0 aromatic carbocycles. The van der Waals surface area contributed by atoms with E-state index < -0.39 is 0 Å². The van der Waals surface area contributed by atoms with Crippen LogP contribution < -0.4 is 5.73 Å². The molecule has 2 nitrogen and oxygen atoms in total. The van der Waals surface area contributed by atoms with Crippen molar-refractivity contribution < 1.29 is 0 Å². The van der Waals surface area contributed by atoms with Crippen LogP contribution in [0.1, 0.15) is 30.5 Å². The lowest BCUT2D eigenvalue weighted by molar-refractivity contribution is 0.521. The Hall–Kier alpha value is -0.410. The second-order valence-corrected chi connectivity index (χ2v) is 3.98. The van der Waals surface area contributed by atoms with E-state index in [9.17, 15) is 0 Å². The Labute approximate surface area is 71.6 Å². The SMILES string of the molecule is Cc1cc(C(N)C(C)C)sn1. The van der Waals surface area contributed by atoms with Crippen molar-refractivity contribution in [1.82, 2.24) is 4.37 Å². The topological polar surface area (TPSA) is 38.9 Å². The second-order valence-electron chi connectivity index (χ2n) is 3.14. The van der Waals surface area contributed by atoms with Gasteiger partial charge in [-0.3, -0.25) is 0 Å². The first-order valence-electron chi connectivity index (χ1n) is 3.80. The zero-order valence-electron chi connectivity index (χ0n) is 7.16. The Morgan fingerprint density at radius 2 is 2.18 bits per heavy atom. The summed E-state index contributed by atoms with van der Waals surface area (Å²) in [6.45, 7) is 6.24. The molecule has 1 aromatic heterocycles. The van der Waals surface area contributed by atoms with Gasteiger partial charge in [-0.05, 0) is 30.4 Å². The summed E-state index contributed by atoms with van der Waals surface area (Å²) in [6.07, 6.45) is 0. The highest BCUT2D eigenvalue weighted by Crippen LogP contribution is 2.22. The van der Waals surface area contributed by atoms with Crippen LogP contribution in [0.4, 0.5) is 0 Å². The molecule has 0 aliphatic heterocycles. The molecule has 1 atom stereocenters. The summed E-state index contributed by atoms with van der Waals surface area (Å²) in [5, 5.41) is 0. The molecular weight excluding hydrogens is 156 g/mol. The van der Waals surface area contributed by atoms with Crippen molar-refractivity contribution in [1.29, 1.82) is 0 Å². The molecule has 2 N–H and O–H groups in total. The van der Waals surface area contributed by atoms with E-state index >= 15 is 0 Å². The van der Waals surface area contributed by atoms with Crippen molar-refractivity contribution >= 4 is 11.5 Å². The maximum atomic E-state index is 5.92. The van der Waals surface area contributed by atoms with Gasteiger partial charge in [0.15, 0.2) is 0 Å². The van der Waals surface area contributed by atoms with Crippen LogP contribution in [0.15, 0.2) is 6.07 Å². The van der Waals surface area contributed by atoms with E-state index in [1.54, 1.807) is 0 Å². The monoisotopic (exact) mass is 170 g/mol. The van der Waals surface area contributed by atoms with Crippen LogP contribution in [0, 0.1) is 12.8 Å². The van der Waals surface area contributed by atoms with Crippen LogP contribution in [-0.2, 0) is 0 Å². The minimum atomic E-state index is 0.154. The molecule has 62 valence electrons. The maximum Gasteiger partial charge on any atom is 0.0514 e. The minimum absolute atomic E-state index is 0.154. The lowest BCUT2D eigenvalue weighted by Gasteiger charge is -2.11. The average molecular weight is 170 g/mol. The van der Waals surface area contributed by atoms with Crippen LogP contribution >= 0.6 is 11.5 Å². The van der Waals surface area contributed by atoms with Gasteiger partial charge in [-0.1, -0.05) is 13.8 Å². The first kappa shape index (κ1) is 8.68. The zero-order chi connectivity index (χ0) is 8.43. The predicted octanol–water partition coefficient (Wildman–Crippen LogP) is 2.11. The van der Waals surface area contributed by atoms with Gasteiger partial charge in [0.25, 0.3) is 0 Å². The van der Waals surface area contributed by atoms with E-state index in [0.717, 1.165) is 5.69 Å². The van der Waals surface area contributed by atoms with Crippen molar-refractivity contribution in [3.63, 3.8) is 0 Å². The van der Waals surface area contributed by atoms with Crippen LogP contribution in [0.5, 0.6) is 0 Å². The minimum Gasteiger partial charge on any atom is -0.323 e. The summed E-state index contributed by atoms with van der Waals surface area (Å²) in [6, 6.07) is 2.22. The maximum absolute atomic E-state index is 5.92. The van der Waals surface area contributed by atoms with E-state index in [4.69, 9.17) is 5.73 Å². The van der Waals surface area contributed by atoms with E-state index in [0.29, 0.717) is 5.92 Å². The zero-order valence-corrected chi connectivity index (χ0v) is 7.98. The third kappa shape index (κ3) is 2.01. The highest BCUT2D eigenvalue weighted by Gasteiger charge is 2.12. The molecule has 0 radical (unpaired) electrons. The molecule has 1 heterocycles. The van der Waals surface area contributed by atoms with Crippen molar-refractivity contribution in [2.75, 3.05) is 0 Å². The highest BCUT2D eigenvalue weighted by molar-refractivity contribution is 7.05. The van der Waals surface area contributed by atoms with Crippen LogP contribution in [0.3, 0.4) is 0 Å². The van der Waals surface area contributed by atoms with Gasteiger partial charge in [-0.15, -0.1) is 0 Å². The molecule has 0 amide bonds. The summed E-state index contributed by atoms with van der Waals surface area (Å²) in [4.78, 5) is 1.19. The highest BCUT2D eigenvalue weighted by atomic mass is 32.1. The Bertz CT molecular complexity index is 230. The van der Waals surface area contributed by atoms with E-state index in [-0.39, 0.29) is 6.04 Å². The van der Waals surface area contributed by atoms with E-state index in [2.05, 4.69) is 24.3 Å². The lowest BCUT2D eigenvalue weighted by Crippen LogP contribution is -2.14. The third-order valence-corrected chi connectivity index (χ3v) is 2.67. The fourth-order valence-electron chi connectivity index (χ4n) is 0.869. The van der Waals surface area contributed by atoms with Crippen LogP contribution in [-0.4, -0.2) is 4.37 Å². The van der Waals surface area contributed by atoms with Gasteiger partial charge in [-0.25, -0.2) is 0 Å². The molecule has 0 spiro atoms. The molecule has 1 unspecified atom stereocenters. The van der Waals surface area contributed by atoms with Gasteiger partial charge in [0, 0.05) is 10.9 Å². The summed E-state index contributed by atoms with van der Waals surface area (Å²) in [7, 11) is 0. The Balaban J connectivity index is 2.76. The fraction of sp³-hybridized carbons (Fsp3) is 0.625. The number of nitrogens with zero attached hydrogens (tertiary/aromatic N) is 1. The average Bonchev–Trinajstić information content (AvgIpc) is 2.34. The Kier molecular flexibility index (Phi) is 2.62. The molecular formula is C8H14N2S. The molecule has 0 saturated carbocycles. The van der Waals surface area contributed by atoms with Gasteiger partial charge < -0.3 is 5.73 Å². The molecule has 0 aliphatic carbocycles. The standard InChI is InChI=1S/C8H14N2S/c1-5(2)8(9)7-4-6(3)10-11-7/h4-5,8H,9H2,1-3H3. The first-order chi connectivity index (χ1) is 5.11. The Morgan fingerprint density at radius 1 is 1.55 bits per heavy atom. The quantitative estimate of drug-likeness (QED) is 0.738. The van der Waals surface area contributed by atoms with Crippen LogP contribution in [0.25, 0.3) is 0 Å². The predicted molar refractivity (Wildman–Crippen MR) is 48.6 cm³/mol. The second kappa shape index (κ2) is 3.32. The number of aryl methyl sites for hydroxylation is 1. The van der Waals surface area contributed by atoms with E-state index in [1.165, 1.54) is 16.4 Å². The van der Waals surface area contributed by atoms with Gasteiger partial charge in [0.2, 0.25) is 0 Å². The number of hydrogen-bond donors (Lipinski definition) is 1. The first-order valence-corrected chi connectivity index (χ1v) is 4.57.